The number of phenolic OH excluding ortho intramolecular Hbond substituents is 1. The van der Waals surface area contributed by atoms with Crippen LogP contribution in [0.2, 0.25) is 0 Å². The van der Waals surface area contributed by atoms with Crippen molar-refractivity contribution in [2.45, 2.75) is 18.9 Å². The van der Waals surface area contributed by atoms with E-state index in [0.29, 0.717) is 28.6 Å². The number of ether oxygens (including phenoxy) is 1. The molecule has 0 aliphatic rings. The van der Waals surface area contributed by atoms with Gasteiger partial charge in [-0.2, -0.15) is 0 Å². The van der Waals surface area contributed by atoms with Gasteiger partial charge in [0.05, 0.1) is 4.47 Å². The number of aliphatic hydroxyl groups excluding tert-OH is 1. The number of anilines is 1. The molecule has 0 aliphatic heterocycles. The molecule has 0 heterocycles. The number of aliphatic hydroxyl groups is 1. The Balaban J connectivity index is 2.17. The normalized spacial score (nSPS) is 11.8. The summed E-state index contributed by atoms with van der Waals surface area (Å²) >= 11 is 9.96. The number of phenols is 1. The summed E-state index contributed by atoms with van der Waals surface area (Å²) in [7, 11) is 0. The van der Waals surface area contributed by atoms with Crippen molar-refractivity contribution in [1.82, 2.24) is 0 Å². The van der Waals surface area contributed by atoms with E-state index >= 15 is 0 Å². The quantitative estimate of drug-likeness (QED) is 0.439. The molecule has 1 amide bonds. The average Bonchev–Trinajstić information content (AvgIpc) is 2.57. The van der Waals surface area contributed by atoms with E-state index in [4.69, 9.17) is 9.84 Å². The Morgan fingerprint density at radius 3 is 2.44 bits per heavy atom. The molecule has 25 heavy (non-hydrogen) atoms. The van der Waals surface area contributed by atoms with E-state index < -0.39 is 12.2 Å². The Kier molecular flexibility index (Phi) is 7.74. The Labute approximate surface area is 170 Å². The number of hydrogen-bond donors (Lipinski definition) is 3. The van der Waals surface area contributed by atoms with Crippen molar-refractivity contribution in [1.29, 1.82) is 0 Å². The first-order chi connectivity index (χ1) is 11.9. The standard InChI is InChI=1S/C17H16Br3NO4/c18-10-3-5-12(6-4-10)21-17(24)25-15(2-1-7-22)13-8-11(19)9-14(20)16(13)23/h3-6,8-9,15,22-23H,1-2,7H2,(H,21,24)/t15-/m0/s1. The molecular formula is C17H16Br3NO4. The minimum absolute atomic E-state index is 0.00239. The highest BCUT2D eigenvalue weighted by molar-refractivity contribution is 9.11. The zero-order valence-electron chi connectivity index (χ0n) is 13.0. The second kappa shape index (κ2) is 9.56. The summed E-state index contributed by atoms with van der Waals surface area (Å²) in [6, 6.07) is 10.5. The summed E-state index contributed by atoms with van der Waals surface area (Å²) in [5.41, 5.74) is 1.05. The minimum Gasteiger partial charge on any atom is -0.506 e. The highest BCUT2D eigenvalue weighted by Crippen LogP contribution is 2.38. The van der Waals surface area contributed by atoms with Crippen LogP contribution in [0.25, 0.3) is 0 Å². The van der Waals surface area contributed by atoms with Crippen molar-refractivity contribution in [2.24, 2.45) is 0 Å². The number of amides is 1. The Morgan fingerprint density at radius 2 is 1.80 bits per heavy atom. The summed E-state index contributed by atoms with van der Waals surface area (Å²) < 4.78 is 7.61. The Morgan fingerprint density at radius 1 is 1.12 bits per heavy atom. The largest absolute Gasteiger partial charge is 0.506 e. The van der Waals surface area contributed by atoms with E-state index in [1.807, 2.05) is 0 Å². The number of nitrogens with one attached hydrogen (secondary N) is 1. The number of benzene rings is 2. The molecule has 0 fully saturated rings. The second-order valence-electron chi connectivity index (χ2n) is 5.22. The van der Waals surface area contributed by atoms with Crippen LogP contribution in [0.4, 0.5) is 10.5 Å². The third-order valence-corrected chi connectivity index (χ3v) is 4.96. The zero-order chi connectivity index (χ0) is 18.4. The van der Waals surface area contributed by atoms with Gasteiger partial charge in [0, 0.05) is 26.8 Å². The van der Waals surface area contributed by atoms with E-state index in [-0.39, 0.29) is 12.4 Å². The number of hydrogen-bond acceptors (Lipinski definition) is 4. The van der Waals surface area contributed by atoms with Crippen LogP contribution in [-0.2, 0) is 4.74 Å². The van der Waals surface area contributed by atoms with Gasteiger partial charge in [-0.05, 0) is 65.2 Å². The van der Waals surface area contributed by atoms with Crippen molar-refractivity contribution in [2.75, 3.05) is 11.9 Å². The van der Waals surface area contributed by atoms with Gasteiger partial charge in [-0.25, -0.2) is 4.79 Å². The molecule has 5 nitrogen and oxygen atoms in total. The van der Waals surface area contributed by atoms with Gasteiger partial charge in [0.25, 0.3) is 0 Å². The molecule has 3 N–H and O–H groups in total. The molecule has 0 saturated carbocycles. The van der Waals surface area contributed by atoms with Gasteiger partial charge in [0.2, 0.25) is 0 Å². The van der Waals surface area contributed by atoms with Crippen LogP contribution in [-0.4, -0.2) is 22.9 Å². The van der Waals surface area contributed by atoms with E-state index in [2.05, 4.69) is 53.1 Å². The Bertz CT molecular complexity index is 737. The number of rotatable bonds is 6. The molecule has 1 atom stereocenters. The van der Waals surface area contributed by atoms with Crippen molar-refractivity contribution in [3.8, 4) is 5.75 Å². The van der Waals surface area contributed by atoms with Crippen molar-refractivity contribution in [3.05, 3.63) is 55.4 Å². The third kappa shape index (κ3) is 5.99. The van der Waals surface area contributed by atoms with E-state index in [9.17, 15) is 9.90 Å². The summed E-state index contributed by atoms with van der Waals surface area (Å²) in [5.74, 6) is 0.00239. The molecule has 0 radical (unpaired) electrons. The third-order valence-electron chi connectivity index (χ3n) is 3.37. The van der Waals surface area contributed by atoms with E-state index in [0.717, 1.165) is 8.95 Å². The molecule has 8 heteroatoms. The lowest BCUT2D eigenvalue weighted by Gasteiger charge is -2.20. The zero-order valence-corrected chi connectivity index (χ0v) is 17.8. The summed E-state index contributed by atoms with van der Waals surface area (Å²) in [4.78, 5) is 12.2. The van der Waals surface area contributed by atoms with E-state index in [1.54, 1.807) is 36.4 Å². The van der Waals surface area contributed by atoms with Gasteiger partial charge in [-0.15, -0.1) is 0 Å². The fourth-order valence-electron chi connectivity index (χ4n) is 2.20. The molecule has 0 aliphatic carbocycles. The predicted molar refractivity (Wildman–Crippen MR) is 107 cm³/mol. The highest BCUT2D eigenvalue weighted by atomic mass is 79.9. The molecule has 0 unspecified atom stereocenters. The average molecular weight is 538 g/mol. The lowest BCUT2D eigenvalue weighted by Crippen LogP contribution is -2.18. The first-order valence-corrected chi connectivity index (χ1v) is 9.80. The number of carbonyl (C=O) groups is 1. The lowest BCUT2D eigenvalue weighted by molar-refractivity contribution is 0.0979. The van der Waals surface area contributed by atoms with Gasteiger partial charge >= 0.3 is 6.09 Å². The van der Waals surface area contributed by atoms with Crippen molar-refractivity contribution < 1.29 is 19.7 Å². The maximum absolute atomic E-state index is 12.2. The molecule has 2 aromatic carbocycles. The summed E-state index contributed by atoms with van der Waals surface area (Å²) in [5, 5.41) is 22.0. The van der Waals surface area contributed by atoms with Crippen molar-refractivity contribution >= 4 is 59.6 Å². The molecule has 2 aromatic rings. The first-order valence-electron chi connectivity index (χ1n) is 7.42. The number of halogens is 3. The number of carbonyl (C=O) groups excluding carboxylic acids is 1. The molecule has 0 saturated heterocycles. The topological polar surface area (TPSA) is 78.8 Å². The van der Waals surface area contributed by atoms with Crippen LogP contribution in [0, 0.1) is 0 Å². The molecule has 2 rings (SSSR count). The van der Waals surface area contributed by atoms with Crippen LogP contribution >= 0.6 is 47.8 Å². The summed E-state index contributed by atoms with van der Waals surface area (Å²) in [6.07, 6.45) is -0.530. The molecular weight excluding hydrogens is 522 g/mol. The second-order valence-corrected chi connectivity index (χ2v) is 7.90. The van der Waals surface area contributed by atoms with Gasteiger partial charge in [-0.3, -0.25) is 5.32 Å². The van der Waals surface area contributed by atoms with Crippen LogP contribution in [0.1, 0.15) is 24.5 Å². The smallest absolute Gasteiger partial charge is 0.412 e. The maximum atomic E-state index is 12.2. The van der Waals surface area contributed by atoms with Crippen LogP contribution < -0.4 is 5.32 Å². The maximum Gasteiger partial charge on any atom is 0.412 e. The van der Waals surface area contributed by atoms with Crippen LogP contribution in [0.3, 0.4) is 0 Å². The molecule has 134 valence electrons. The highest BCUT2D eigenvalue weighted by Gasteiger charge is 2.22. The number of aromatic hydroxyl groups is 1. The lowest BCUT2D eigenvalue weighted by atomic mass is 10.0. The van der Waals surface area contributed by atoms with Gasteiger partial charge < -0.3 is 14.9 Å². The first kappa shape index (κ1) is 20.2. The Hall–Kier alpha value is -1.09. The van der Waals surface area contributed by atoms with Crippen LogP contribution in [0.5, 0.6) is 5.75 Å². The van der Waals surface area contributed by atoms with Gasteiger partial charge in [0.15, 0.2) is 0 Å². The van der Waals surface area contributed by atoms with Gasteiger partial charge in [-0.1, -0.05) is 31.9 Å². The molecule has 0 bridgehead atoms. The minimum atomic E-state index is -0.698. The molecule has 0 spiro atoms. The monoisotopic (exact) mass is 535 g/mol. The van der Waals surface area contributed by atoms with Gasteiger partial charge in [0.1, 0.15) is 11.9 Å². The van der Waals surface area contributed by atoms with Crippen LogP contribution in [0.15, 0.2) is 49.8 Å². The predicted octanol–water partition coefficient (Wildman–Crippen LogP) is 5.74. The fourth-order valence-corrected chi connectivity index (χ4v) is 3.72. The summed E-state index contributed by atoms with van der Waals surface area (Å²) in [6.45, 7) is -0.0376. The van der Waals surface area contributed by atoms with Crippen molar-refractivity contribution in [3.63, 3.8) is 0 Å². The SMILES string of the molecule is O=C(Nc1ccc(Br)cc1)O[C@@H](CCCO)c1cc(Br)cc(Br)c1O. The fraction of sp³-hybridized carbons (Fsp3) is 0.235. The molecule has 0 aromatic heterocycles. The van der Waals surface area contributed by atoms with E-state index in [1.165, 1.54) is 0 Å².